The number of hydrogen-bond donors (Lipinski definition) is 1. The van der Waals surface area contributed by atoms with Crippen molar-refractivity contribution in [3.63, 3.8) is 0 Å². The van der Waals surface area contributed by atoms with Crippen LogP contribution in [0.1, 0.15) is 37.6 Å². The topological polar surface area (TPSA) is 77.8 Å². The van der Waals surface area contributed by atoms with Crippen molar-refractivity contribution in [1.29, 1.82) is 0 Å². The highest BCUT2D eigenvalue weighted by atomic mass is 16.5. The molecule has 1 aliphatic rings. The van der Waals surface area contributed by atoms with E-state index < -0.39 is 0 Å². The minimum Gasteiger partial charge on any atom is -0.338 e. The second-order valence-electron chi connectivity index (χ2n) is 5.15. The fourth-order valence-electron chi connectivity index (χ4n) is 2.58. The molecule has 0 radical (unpaired) electrons. The normalized spacial score (nSPS) is 17.2. The van der Waals surface area contributed by atoms with Crippen molar-refractivity contribution >= 4 is 0 Å². The van der Waals surface area contributed by atoms with Crippen LogP contribution in [0.5, 0.6) is 0 Å². The Labute approximate surface area is 112 Å². The Morgan fingerprint density at radius 3 is 2.89 bits per heavy atom. The molecule has 2 heterocycles. The van der Waals surface area contributed by atoms with E-state index in [2.05, 4.69) is 22.0 Å². The molecule has 1 fully saturated rings. The molecule has 0 saturated heterocycles. The SMILES string of the molecule is CCc1cnccc1-c1noc(C2(CN)CCC2)n1. The molecule has 19 heavy (non-hydrogen) atoms. The first-order chi connectivity index (χ1) is 9.29. The lowest BCUT2D eigenvalue weighted by Gasteiger charge is -2.36. The summed E-state index contributed by atoms with van der Waals surface area (Å²) in [6, 6.07) is 1.93. The van der Waals surface area contributed by atoms with Gasteiger partial charge in [0.15, 0.2) is 0 Å². The number of pyridine rings is 1. The molecule has 3 rings (SSSR count). The summed E-state index contributed by atoms with van der Waals surface area (Å²) in [5.41, 5.74) is 7.92. The first-order valence-electron chi connectivity index (χ1n) is 6.76. The maximum atomic E-state index is 5.87. The summed E-state index contributed by atoms with van der Waals surface area (Å²) >= 11 is 0. The van der Waals surface area contributed by atoms with Gasteiger partial charge < -0.3 is 10.3 Å². The Bertz CT molecular complexity index is 569. The molecule has 0 aromatic carbocycles. The molecule has 2 aromatic heterocycles. The third kappa shape index (κ3) is 1.94. The highest BCUT2D eigenvalue weighted by molar-refractivity contribution is 5.58. The Hall–Kier alpha value is -1.75. The van der Waals surface area contributed by atoms with Gasteiger partial charge in [0.2, 0.25) is 11.7 Å². The zero-order valence-electron chi connectivity index (χ0n) is 11.1. The number of aromatic nitrogens is 3. The number of hydrogen-bond acceptors (Lipinski definition) is 5. The summed E-state index contributed by atoms with van der Waals surface area (Å²) in [7, 11) is 0. The number of nitrogens with two attached hydrogens (primary N) is 1. The van der Waals surface area contributed by atoms with Crippen molar-refractivity contribution in [3.8, 4) is 11.4 Å². The maximum absolute atomic E-state index is 5.87. The van der Waals surface area contributed by atoms with Crippen LogP contribution in [0.25, 0.3) is 11.4 Å². The quantitative estimate of drug-likeness (QED) is 0.908. The first-order valence-corrected chi connectivity index (χ1v) is 6.76. The third-order valence-electron chi connectivity index (χ3n) is 4.11. The lowest BCUT2D eigenvalue weighted by Crippen LogP contribution is -2.41. The van der Waals surface area contributed by atoms with E-state index in [1.807, 2.05) is 12.3 Å². The van der Waals surface area contributed by atoms with Crippen molar-refractivity contribution < 1.29 is 4.52 Å². The van der Waals surface area contributed by atoms with E-state index in [9.17, 15) is 0 Å². The zero-order valence-corrected chi connectivity index (χ0v) is 11.1. The lowest BCUT2D eigenvalue weighted by atomic mass is 9.69. The number of rotatable bonds is 4. The van der Waals surface area contributed by atoms with E-state index in [0.29, 0.717) is 18.3 Å². The van der Waals surface area contributed by atoms with E-state index in [0.717, 1.165) is 30.4 Å². The van der Waals surface area contributed by atoms with Gasteiger partial charge in [-0.1, -0.05) is 18.5 Å². The summed E-state index contributed by atoms with van der Waals surface area (Å²) in [4.78, 5) is 8.70. The van der Waals surface area contributed by atoms with Gasteiger partial charge in [-0.25, -0.2) is 0 Å². The van der Waals surface area contributed by atoms with Gasteiger partial charge in [-0.15, -0.1) is 0 Å². The van der Waals surface area contributed by atoms with Crippen molar-refractivity contribution in [2.45, 2.75) is 38.0 Å². The van der Waals surface area contributed by atoms with Gasteiger partial charge in [0.25, 0.3) is 0 Å². The molecule has 1 aliphatic carbocycles. The van der Waals surface area contributed by atoms with Gasteiger partial charge in [0, 0.05) is 24.5 Å². The Kier molecular flexibility index (Phi) is 3.06. The number of nitrogens with zero attached hydrogens (tertiary/aromatic N) is 3. The van der Waals surface area contributed by atoms with Crippen LogP contribution in [0.15, 0.2) is 23.0 Å². The van der Waals surface area contributed by atoms with Crippen molar-refractivity contribution in [3.05, 3.63) is 29.9 Å². The smallest absolute Gasteiger partial charge is 0.234 e. The fraction of sp³-hybridized carbons (Fsp3) is 0.500. The van der Waals surface area contributed by atoms with Gasteiger partial charge in [0.1, 0.15) is 0 Å². The summed E-state index contributed by atoms with van der Waals surface area (Å²) in [5, 5.41) is 4.12. The average Bonchev–Trinajstić information content (AvgIpc) is 2.88. The van der Waals surface area contributed by atoms with Crippen molar-refractivity contribution in [2.24, 2.45) is 5.73 Å². The largest absolute Gasteiger partial charge is 0.338 e. The minimum absolute atomic E-state index is 0.0787. The molecule has 0 spiro atoms. The molecule has 0 atom stereocenters. The molecule has 2 N–H and O–H groups in total. The zero-order chi connectivity index (χ0) is 13.3. The van der Waals surface area contributed by atoms with Crippen LogP contribution in [0.2, 0.25) is 0 Å². The van der Waals surface area contributed by atoms with E-state index in [4.69, 9.17) is 10.3 Å². The summed E-state index contributed by atoms with van der Waals surface area (Å²) in [5.74, 6) is 1.34. The van der Waals surface area contributed by atoms with Crippen molar-refractivity contribution in [1.82, 2.24) is 15.1 Å². The maximum Gasteiger partial charge on any atom is 0.234 e. The summed E-state index contributed by atoms with van der Waals surface area (Å²) in [6.45, 7) is 2.67. The Morgan fingerprint density at radius 2 is 2.26 bits per heavy atom. The van der Waals surface area contributed by atoms with Gasteiger partial charge >= 0.3 is 0 Å². The molecule has 100 valence electrons. The van der Waals surface area contributed by atoms with Crippen LogP contribution in [0.4, 0.5) is 0 Å². The van der Waals surface area contributed by atoms with E-state index in [1.165, 1.54) is 6.42 Å². The monoisotopic (exact) mass is 258 g/mol. The predicted octanol–water partition coefficient (Wildman–Crippen LogP) is 2.07. The second kappa shape index (κ2) is 4.74. The first kappa shape index (κ1) is 12.3. The van der Waals surface area contributed by atoms with Crippen LogP contribution < -0.4 is 5.73 Å². The molecular weight excluding hydrogens is 240 g/mol. The van der Waals surface area contributed by atoms with Gasteiger partial charge in [0.05, 0.1) is 5.41 Å². The highest BCUT2D eigenvalue weighted by Crippen LogP contribution is 2.42. The average molecular weight is 258 g/mol. The fourth-order valence-corrected chi connectivity index (χ4v) is 2.58. The molecule has 0 unspecified atom stereocenters. The summed E-state index contributed by atoms with van der Waals surface area (Å²) in [6.07, 6.45) is 7.78. The van der Waals surface area contributed by atoms with Gasteiger partial charge in [-0.3, -0.25) is 4.98 Å². The number of aryl methyl sites for hydroxylation is 1. The van der Waals surface area contributed by atoms with E-state index >= 15 is 0 Å². The highest BCUT2D eigenvalue weighted by Gasteiger charge is 2.42. The van der Waals surface area contributed by atoms with Crippen molar-refractivity contribution in [2.75, 3.05) is 6.54 Å². The molecule has 2 aromatic rings. The second-order valence-corrected chi connectivity index (χ2v) is 5.15. The van der Waals surface area contributed by atoms with E-state index in [-0.39, 0.29) is 5.41 Å². The molecule has 0 amide bonds. The Balaban J connectivity index is 1.97. The van der Waals surface area contributed by atoms with Crippen LogP contribution in [0.3, 0.4) is 0 Å². The lowest BCUT2D eigenvalue weighted by molar-refractivity contribution is 0.182. The van der Waals surface area contributed by atoms with Gasteiger partial charge in [-0.2, -0.15) is 4.98 Å². The van der Waals surface area contributed by atoms with Crippen LogP contribution in [0, 0.1) is 0 Å². The van der Waals surface area contributed by atoms with Gasteiger partial charge in [-0.05, 0) is 30.9 Å². The van der Waals surface area contributed by atoms with Crippen LogP contribution >= 0.6 is 0 Å². The molecule has 5 heteroatoms. The van der Waals surface area contributed by atoms with Crippen LogP contribution in [-0.2, 0) is 11.8 Å². The Morgan fingerprint density at radius 1 is 1.42 bits per heavy atom. The molecule has 1 saturated carbocycles. The molecule has 0 bridgehead atoms. The standard InChI is InChI=1S/C14H18N4O/c1-2-10-8-16-7-4-11(10)12-17-13(19-18-12)14(9-15)5-3-6-14/h4,7-8H,2-3,5-6,9,15H2,1H3. The minimum atomic E-state index is -0.0787. The molecular formula is C14H18N4O. The summed E-state index contributed by atoms with van der Waals surface area (Å²) < 4.78 is 5.46. The third-order valence-corrected chi connectivity index (χ3v) is 4.11. The molecule has 5 nitrogen and oxygen atoms in total. The van der Waals surface area contributed by atoms with Crippen LogP contribution in [-0.4, -0.2) is 21.7 Å². The predicted molar refractivity (Wildman–Crippen MR) is 71.5 cm³/mol. The molecule has 0 aliphatic heterocycles. The van der Waals surface area contributed by atoms with E-state index in [1.54, 1.807) is 6.20 Å².